The van der Waals surface area contributed by atoms with Gasteiger partial charge in [-0.1, -0.05) is 30.4 Å². The molecule has 0 amide bonds. The molecule has 0 aliphatic heterocycles. The number of benzene rings is 2. The van der Waals surface area contributed by atoms with E-state index in [0.29, 0.717) is 23.6 Å². The molecule has 2 aromatic carbocycles. The number of pyridine rings is 1. The summed E-state index contributed by atoms with van der Waals surface area (Å²) in [5, 5.41) is 8.96. The van der Waals surface area contributed by atoms with Crippen LogP contribution in [0.4, 0.5) is 0 Å². The van der Waals surface area contributed by atoms with Crippen molar-refractivity contribution in [3.63, 3.8) is 0 Å². The van der Waals surface area contributed by atoms with Gasteiger partial charge in [-0.15, -0.1) is 0 Å². The van der Waals surface area contributed by atoms with Crippen molar-refractivity contribution in [2.75, 3.05) is 14.2 Å². The number of halogens is 1. The van der Waals surface area contributed by atoms with Gasteiger partial charge in [0.05, 0.1) is 19.8 Å². The highest BCUT2D eigenvalue weighted by atomic mass is 35.5. The van der Waals surface area contributed by atoms with Gasteiger partial charge in [-0.2, -0.15) is 0 Å². The zero-order valence-corrected chi connectivity index (χ0v) is 17.0. The number of hydrogen-bond acceptors (Lipinski definition) is 3. The minimum atomic E-state index is -0.912. The molecule has 3 rings (SSSR count). The van der Waals surface area contributed by atoms with Gasteiger partial charge in [0.2, 0.25) is 0 Å². The van der Waals surface area contributed by atoms with Crippen LogP contribution in [0.15, 0.2) is 67.0 Å². The first kappa shape index (κ1) is 22.0. The molecule has 1 N–H and O–H groups in total. The van der Waals surface area contributed by atoms with Gasteiger partial charge in [-0.05, 0) is 35.4 Å². The SMILES string of the molecule is COc1ccc(/C=C\c2cc[n+](Cc3ccc(C(=O)O)cc3)cc2)cc1OC.[Cl-]. The monoisotopic (exact) mass is 411 g/mol. The molecule has 1 heterocycles. The molecule has 6 heteroatoms. The number of ether oxygens (including phenoxy) is 2. The first-order valence-electron chi connectivity index (χ1n) is 8.80. The van der Waals surface area contributed by atoms with Crippen LogP contribution in [0.2, 0.25) is 0 Å². The lowest BCUT2D eigenvalue weighted by Crippen LogP contribution is -3.00. The number of aromatic carboxylic acids is 1. The van der Waals surface area contributed by atoms with Crippen molar-refractivity contribution < 1.29 is 36.3 Å². The molecule has 0 aliphatic carbocycles. The molecule has 29 heavy (non-hydrogen) atoms. The maximum absolute atomic E-state index is 10.9. The molecule has 0 unspecified atom stereocenters. The fraction of sp³-hybridized carbons (Fsp3) is 0.130. The fourth-order valence-electron chi connectivity index (χ4n) is 2.80. The Morgan fingerprint density at radius 1 is 0.897 bits per heavy atom. The standard InChI is InChI=1S/C23H21NO4.ClH/c1-27-21-10-7-18(15-22(21)28-2)4-3-17-11-13-24(14-12-17)16-19-5-8-20(9-6-19)23(25)26;/h3-15H,16H2,1-2H3;1H/b4-3-;. The summed E-state index contributed by atoms with van der Waals surface area (Å²) in [6.45, 7) is 0.680. The van der Waals surface area contributed by atoms with Gasteiger partial charge in [0.15, 0.2) is 30.4 Å². The molecule has 0 spiro atoms. The number of methoxy groups -OCH3 is 2. The fourth-order valence-corrected chi connectivity index (χ4v) is 2.80. The summed E-state index contributed by atoms with van der Waals surface area (Å²) in [6.07, 6.45) is 8.05. The molecule has 150 valence electrons. The molecule has 1 aromatic heterocycles. The third-order valence-corrected chi connectivity index (χ3v) is 4.36. The summed E-state index contributed by atoms with van der Waals surface area (Å²) in [6, 6.07) is 16.8. The third kappa shape index (κ3) is 5.83. The van der Waals surface area contributed by atoms with E-state index in [-0.39, 0.29) is 12.4 Å². The Kier molecular flexibility index (Phi) is 7.80. The largest absolute Gasteiger partial charge is 1.00 e. The quantitative estimate of drug-likeness (QED) is 0.587. The lowest BCUT2D eigenvalue weighted by Gasteiger charge is -2.07. The van der Waals surface area contributed by atoms with Crippen LogP contribution in [0.1, 0.15) is 27.0 Å². The topological polar surface area (TPSA) is 59.6 Å². The molecular formula is C23H22ClNO4. The minimum absolute atomic E-state index is 0. The first-order chi connectivity index (χ1) is 13.6. The van der Waals surface area contributed by atoms with Gasteiger partial charge in [0.1, 0.15) is 0 Å². The summed E-state index contributed by atoms with van der Waals surface area (Å²) in [5.74, 6) is 0.492. The van der Waals surface area contributed by atoms with Crippen LogP contribution in [0.3, 0.4) is 0 Å². The molecule has 0 saturated carbocycles. The van der Waals surface area contributed by atoms with Crippen LogP contribution in [-0.4, -0.2) is 25.3 Å². The van der Waals surface area contributed by atoms with Crippen LogP contribution >= 0.6 is 0 Å². The van der Waals surface area contributed by atoms with E-state index in [9.17, 15) is 4.79 Å². The highest BCUT2D eigenvalue weighted by Crippen LogP contribution is 2.28. The highest BCUT2D eigenvalue weighted by Gasteiger charge is 2.06. The van der Waals surface area contributed by atoms with E-state index in [4.69, 9.17) is 14.6 Å². The van der Waals surface area contributed by atoms with Crippen LogP contribution in [0, 0.1) is 0 Å². The average molecular weight is 412 g/mol. The average Bonchev–Trinajstić information content (AvgIpc) is 2.73. The van der Waals surface area contributed by atoms with E-state index in [1.165, 1.54) is 0 Å². The van der Waals surface area contributed by atoms with E-state index in [1.54, 1.807) is 26.4 Å². The van der Waals surface area contributed by atoms with Crippen molar-refractivity contribution in [3.8, 4) is 11.5 Å². The number of aromatic nitrogens is 1. The maximum Gasteiger partial charge on any atom is 0.335 e. The van der Waals surface area contributed by atoms with Gasteiger partial charge in [-0.25, -0.2) is 9.36 Å². The van der Waals surface area contributed by atoms with E-state index in [1.807, 2.05) is 71.6 Å². The van der Waals surface area contributed by atoms with E-state index in [2.05, 4.69) is 0 Å². The molecule has 0 fully saturated rings. The second-order valence-corrected chi connectivity index (χ2v) is 6.25. The number of carboxylic acid groups (broad SMARTS) is 1. The van der Waals surface area contributed by atoms with Crippen molar-refractivity contribution in [2.24, 2.45) is 0 Å². The lowest BCUT2D eigenvalue weighted by molar-refractivity contribution is -0.688. The Hall–Kier alpha value is -3.31. The zero-order chi connectivity index (χ0) is 19.9. The number of carboxylic acids is 1. The summed E-state index contributed by atoms with van der Waals surface area (Å²) >= 11 is 0. The van der Waals surface area contributed by atoms with Crippen molar-refractivity contribution in [1.82, 2.24) is 0 Å². The normalized spacial score (nSPS) is 10.4. The maximum atomic E-state index is 10.9. The summed E-state index contributed by atoms with van der Waals surface area (Å²) in [5.41, 5.74) is 3.44. The predicted molar refractivity (Wildman–Crippen MR) is 108 cm³/mol. The summed E-state index contributed by atoms with van der Waals surface area (Å²) < 4.78 is 12.6. The summed E-state index contributed by atoms with van der Waals surface area (Å²) in [4.78, 5) is 10.9. The molecule has 0 aliphatic rings. The Morgan fingerprint density at radius 3 is 2.10 bits per heavy atom. The third-order valence-electron chi connectivity index (χ3n) is 4.36. The molecule has 0 bridgehead atoms. The predicted octanol–water partition coefficient (Wildman–Crippen LogP) is 0.912. The number of nitrogens with zero attached hydrogens (tertiary/aromatic N) is 1. The molecule has 0 radical (unpaired) electrons. The zero-order valence-electron chi connectivity index (χ0n) is 16.2. The van der Waals surface area contributed by atoms with Crippen molar-refractivity contribution in [1.29, 1.82) is 0 Å². The van der Waals surface area contributed by atoms with Gasteiger partial charge >= 0.3 is 5.97 Å². The Morgan fingerprint density at radius 2 is 1.52 bits per heavy atom. The Bertz CT molecular complexity index is 983. The Balaban J connectivity index is 0.00000300. The first-order valence-corrected chi connectivity index (χ1v) is 8.80. The second kappa shape index (κ2) is 10.3. The van der Waals surface area contributed by atoms with Gasteiger partial charge < -0.3 is 27.0 Å². The van der Waals surface area contributed by atoms with E-state index in [0.717, 1.165) is 16.7 Å². The Labute approximate surface area is 176 Å². The van der Waals surface area contributed by atoms with Crippen molar-refractivity contribution >= 4 is 18.1 Å². The van der Waals surface area contributed by atoms with Crippen LogP contribution in [0.25, 0.3) is 12.2 Å². The van der Waals surface area contributed by atoms with Gasteiger partial charge in [-0.3, -0.25) is 0 Å². The molecule has 0 atom stereocenters. The second-order valence-electron chi connectivity index (χ2n) is 6.25. The highest BCUT2D eigenvalue weighted by molar-refractivity contribution is 5.87. The molecular weight excluding hydrogens is 390 g/mol. The van der Waals surface area contributed by atoms with Crippen molar-refractivity contribution in [2.45, 2.75) is 6.54 Å². The van der Waals surface area contributed by atoms with Gasteiger partial charge in [0, 0.05) is 17.7 Å². The molecule has 0 saturated heterocycles. The summed E-state index contributed by atoms with van der Waals surface area (Å²) in [7, 11) is 3.24. The number of carbonyl (C=O) groups is 1. The van der Waals surface area contributed by atoms with E-state index >= 15 is 0 Å². The minimum Gasteiger partial charge on any atom is -1.00 e. The van der Waals surface area contributed by atoms with Crippen molar-refractivity contribution in [3.05, 3.63) is 89.2 Å². The van der Waals surface area contributed by atoms with E-state index < -0.39 is 5.97 Å². The smallest absolute Gasteiger partial charge is 0.335 e. The van der Waals surface area contributed by atoms with Crippen LogP contribution in [-0.2, 0) is 6.54 Å². The number of rotatable bonds is 7. The van der Waals surface area contributed by atoms with Gasteiger partial charge in [0.25, 0.3) is 0 Å². The van der Waals surface area contributed by atoms with Crippen LogP contribution in [0.5, 0.6) is 11.5 Å². The lowest BCUT2D eigenvalue weighted by atomic mass is 10.1. The number of hydrogen-bond donors (Lipinski definition) is 1. The molecule has 5 nitrogen and oxygen atoms in total. The molecule has 3 aromatic rings. The van der Waals surface area contributed by atoms with Crippen LogP contribution < -0.4 is 26.4 Å².